The fourth-order valence-electron chi connectivity index (χ4n) is 1.91. The van der Waals surface area contributed by atoms with Gasteiger partial charge in [-0.25, -0.2) is 0 Å². The van der Waals surface area contributed by atoms with E-state index in [2.05, 4.69) is 27.8 Å². The molecule has 7 heteroatoms. The summed E-state index contributed by atoms with van der Waals surface area (Å²) < 4.78 is 0.789. The summed E-state index contributed by atoms with van der Waals surface area (Å²) in [7, 11) is 0. The van der Waals surface area contributed by atoms with Crippen molar-refractivity contribution in [3.05, 3.63) is 30.3 Å². The minimum atomic E-state index is 0.0405. The summed E-state index contributed by atoms with van der Waals surface area (Å²) >= 11 is 2.86. The Labute approximate surface area is 138 Å². The van der Waals surface area contributed by atoms with Gasteiger partial charge >= 0.3 is 0 Å². The minimum Gasteiger partial charge on any atom is -0.353 e. The first-order valence-corrected chi connectivity index (χ1v) is 9.05. The molecular formula is C15H20N4OS2. The number of rotatable bonds is 8. The van der Waals surface area contributed by atoms with Gasteiger partial charge in [0, 0.05) is 11.7 Å². The lowest BCUT2D eigenvalue weighted by Crippen LogP contribution is -2.33. The summed E-state index contributed by atoms with van der Waals surface area (Å²) in [6.07, 6.45) is 2.07. The zero-order valence-electron chi connectivity index (χ0n) is 12.7. The van der Waals surface area contributed by atoms with Crippen molar-refractivity contribution in [2.75, 3.05) is 11.1 Å². The second kappa shape index (κ2) is 8.75. The van der Waals surface area contributed by atoms with Crippen LogP contribution in [-0.4, -0.2) is 27.9 Å². The van der Waals surface area contributed by atoms with Crippen LogP contribution in [0.15, 0.2) is 34.7 Å². The number of carbonyl (C=O) groups excluding carboxylic acids is 1. The molecule has 1 aromatic heterocycles. The number of benzene rings is 1. The molecule has 1 aromatic carbocycles. The summed E-state index contributed by atoms with van der Waals surface area (Å²) in [4.78, 5) is 11.8. The molecule has 0 radical (unpaired) electrons. The molecule has 0 aliphatic rings. The van der Waals surface area contributed by atoms with Crippen LogP contribution in [0.2, 0.25) is 0 Å². The molecule has 2 N–H and O–H groups in total. The van der Waals surface area contributed by atoms with Gasteiger partial charge in [0.15, 0.2) is 4.34 Å². The first-order chi connectivity index (χ1) is 10.7. The number of nitrogens with one attached hydrogen (secondary N) is 2. The van der Waals surface area contributed by atoms with Crippen molar-refractivity contribution >= 4 is 39.8 Å². The molecule has 0 saturated heterocycles. The van der Waals surface area contributed by atoms with Crippen molar-refractivity contribution in [3.8, 4) is 0 Å². The van der Waals surface area contributed by atoms with E-state index in [1.807, 2.05) is 37.3 Å². The Kier molecular flexibility index (Phi) is 6.67. The van der Waals surface area contributed by atoms with Crippen LogP contribution in [0.3, 0.4) is 0 Å². The molecule has 5 nitrogen and oxygen atoms in total. The minimum absolute atomic E-state index is 0.0405. The maximum absolute atomic E-state index is 11.8. The Morgan fingerprint density at radius 1 is 1.32 bits per heavy atom. The number of thioether (sulfide) groups is 1. The highest BCUT2D eigenvalue weighted by molar-refractivity contribution is 8.01. The average molecular weight is 336 g/mol. The van der Waals surface area contributed by atoms with E-state index in [1.165, 1.54) is 23.1 Å². The number of anilines is 2. The highest BCUT2D eigenvalue weighted by atomic mass is 32.2. The maximum Gasteiger partial charge on any atom is 0.230 e. The molecule has 0 saturated carbocycles. The maximum atomic E-state index is 11.8. The van der Waals surface area contributed by atoms with E-state index in [0.717, 1.165) is 28.0 Å². The monoisotopic (exact) mass is 336 g/mol. The second-order valence-electron chi connectivity index (χ2n) is 4.91. The van der Waals surface area contributed by atoms with E-state index in [9.17, 15) is 4.79 Å². The summed E-state index contributed by atoms with van der Waals surface area (Å²) in [5.41, 5.74) is 0.973. The highest BCUT2D eigenvalue weighted by Gasteiger charge is 2.10. The molecule has 118 valence electrons. The topological polar surface area (TPSA) is 66.9 Å². The Balaban J connectivity index is 1.78. The van der Waals surface area contributed by atoms with Gasteiger partial charge in [0.25, 0.3) is 0 Å². The van der Waals surface area contributed by atoms with E-state index < -0.39 is 0 Å². The number of nitrogens with zero attached hydrogens (tertiary/aromatic N) is 2. The van der Waals surface area contributed by atoms with Gasteiger partial charge in [0.1, 0.15) is 0 Å². The predicted octanol–water partition coefficient (Wildman–Crippen LogP) is 3.68. The van der Waals surface area contributed by atoms with Crippen LogP contribution in [0.4, 0.5) is 10.8 Å². The van der Waals surface area contributed by atoms with E-state index in [0.29, 0.717) is 5.75 Å². The molecule has 0 aliphatic carbocycles. The van der Waals surface area contributed by atoms with Gasteiger partial charge in [0.05, 0.1) is 5.75 Å². The van der Waals surface area contributed by atoms with E-state index in [-0.39, 0.29) is 11.9 Å². The van der Waals surface area contributed by atoms with Crippen LogP contribution >= 0.6 is 23.1 Å². The van der Waals surface area contributed by atoms with Crippen molar-refractivity contribution < 1.29 is 4.79 Å². The van der Waals surface area contributed by atoms with Gasteiger partial charge in [0.2, 0.25) is 11.0 Å². The Morgan fingerprint density at radius 3 is 2.82 bits per heavy atom. The van der Waals surface area contributed by atoms with Gasteiger partial charge in [-0.2, -0.15) is 0 Å². The van der Waals surface area contributed by atoms with E-state index >= 15 is 0 Å². The third-order valence-corrected chi connectivity index (χ3v) is 4.86. The number of carbonyl (C=O) groups is 1. The Morgan fingerprint density at radius 2 is 2.09 bits per heavy atom. The van der Waals surface area contributed by atoms with Crippen molar-refractivity contribution in [2.24, 2.45) is 0 Å². The van der Waals surface area contributed by atoms with Crippen LogP contribution in [0.1, 0.15) is 26.7 Å². The van der Waals surface area contributed by atoms with Crippen LogP contribution < -0.4 is 10.6 Å². The lowest BCUT2D eigenvalue weighted by atomic mass is 10.2. The smallest absolute Gasteiger partial charge is 0.230 e. The fraction of sp³-hybridized carbons (Fsp3) is 0.400. The quantitative estimate of drug-likeness (QED) is 0.720. The first-order valence-electron chi connectivity index (χ1n) is 7.25. The molecule has 2 rings (SSSR count). The van der Waals surface area contributed by atoms with Gasteiger partial charge in [-0.15, -0.1) is 10.2 Å². The molecule has 1 amide bonds. The molecule has 1 atom stereocenters. The Hall–Kier alpha value is -1.60. The molecule has 2 aromatic rings. The normalized spacial score (nSPS) is 11.9. The number of hydrogen-bond acceptors (Lipinski definition) is 6. The third-order valence-electron chi connectivity index (χ3n) is 2.89. The van der Waals surface area contributed by atoms with Crippen molar-refractivity contribution in [1.82, 2.24) is 15.5 Å². The molecule has 1 heterocycles. The molecule has 0 aliphatic heterocycles. The lowest BCUT2D eigenvalue weighted by molar-refractivity contribution is -0.119. The number of para-hydroxylation sites is 1. The van der Waals surface area contributed by atoms with Gasteiger partial charge < -0.3 is 10.6 Å². The molecule has 0 unspecified atom stereocenters. The standard InChI is InChI=1S/C15H20N4OS2/c1-3-7-11(2)16-13(20)10-21-15-19-18-14(22-15)17-12-8-5-4-6-9-12/h4-6,8-9,11H,3,7,10H2,1-2H3,(H,16,20)(H,17,18)/t11-/m0/s1. The predicted molar refractivity (Wildman–Crippen MR) is 92.9 cm³/mol. The van der Waals surface area contributed by atoms with Crippen LogP contribution in [-0.2, 0) is 4.79 Å². The van der Waals surface area contributed by atoms with Gasteiger partial charge in [-0.05, 0) is 25.5 Å². The molecule has 0 fully saturated rings. The number of hydrogen-bond donors (Lipinski definition) is 2. The number of amides is 1. The third kappa shape index (κ3) is 5.65. The summed E-state index contributed by atoms with van der Waals surface area (Å²) in [5, 5.41) is 15.1. The largest absolute Gasteiger partial charge is 0.353 e. The molecule has 0 spiro atoms. The molecule has 22 heavy (non-hydrogen) atoms. The first kappa shape index (κ1) is 16.8. The van der Waals surface area contributed by atoms with Crippen molar-refractivity contribution in [2.45, 2.75) is 37.1 Å². The lowest BCUT2D eigenvalue weighted by Gasteiger charge is -2.11. The second-order valence-corrected chi connectivity index (χ2v) is 7.11. The SMILES string of the molecule is CCC[C@H](C)NC(=O)CSc1nnc(Nc2ccccc2)s1. The van der Waals surface area contributed by atoms with Crippen molar-refractivity contribution in [1.29, 1.82) is 0 Å². The van der Waals surface area contributed by atoms with E-state index in [4.69, 9.17) is 0 Å². The zero-order chi connectivity index (χ0) is 15.8. The van der Waals surface area contributed by atoms with E-state index in [1.54, 1.807) is 0 Å². The van der Waals surface area contributed by atoms with Crippen LogP contribution in [0.5, 0.6) is 0 Å². The van der Waals surface area contributed by atoms with Crippen molar-refractivity contribution in [3.63, 3.8) is 0 Å². The highest BCUT2D eigenvalue weighted by Crippen LogP contribution is 2.27. The average Bonchev–Trinajstić information content (AvgIpc) is 2.94. The molecular weight excluding hydrogens is 316 g/mol. The summed E-state index contributed by atoms with van der Waals surface area (Å²) in [6.45, 7) is 4.14. The molecule has 0 bridgehead atoms. The number of aromatic nitrogens is 2. The summed E-state index contributed by atoms with van der Waals surface area (Å²) in [5.74, 6) is 0.410. The zero-order valence-corrected chi connectivity index (χ0v) is 14.3. The van der Waals surface area contributed by atoms with Crippen LogP contribution in [0.25, 0.3) is 0 Å². The van der Waals surface area contributed by atoms with Gasteiger partial charge in [-0.3, -0.25) is 4.79 Å². The van der Waals surface area contributed by atoms with Gasteiger partial charge in [-0.1, -0.05) is 54.6 Å². The summed E-state index contributed by atoms with van der Waals surface area (Å²) in [6, 6.07) is 10.0. The Bertz CT molecular complexity index is 588. The van der Waals surface area contributed by atoms with Crippen LogP contribution in [0, 0.1) is 0 Å². The fourth-order valence-corrected chi connectivity index (χ4v) is 3.50.